The minimum atomic E-state index is 0.504. The largest absolute Gasteiger partial charge is 0.323 e. The van der Waals surface area contributed by atoms with Crippen molar-refractivity contribution in [2.75, 3.05) is 5.32 Å². The quantitative estimate of drug-likeness (QED) is 0.570. The Bertz CT molecular complexity index is 906. The molecule has 4 heterocycles. The zero-order valence-electron chi connectivity index (χ0n) is 10.6. The molecule has 4 rings (SSSR count). The molecule has 0 radical (unpaired) electrons. The second kappa shape index (κ2) is 3.98. The van der Waals surface area contributed by atoms with Gasteiger partial charge in [-0.25, -0.2) is 14.5 Å². The first kappa shape index (κ1) is 10.9. The van der Waals surface area contributed by atoms with Crippen LogP contribution in [0.1, 0.15) is 5.56 Å². The lowest BCUT2D eigenvalue weighted by Gasteiger charge is -2.08. The smallest absolute Gasteiger partial charge is 0.229 e. The summed E-state index contributed by atoms with van der Waals surface area (Å²) in [6.45, 7) is 1.99. The highest BCUT2D eigenvalue weighted by molar-refractivity contribution is 5.74. The summed E-state index contributed by atoms with van der Waals surface area (Å²) >= 11 is 0. The Morgan fingerprint density at radius 2 is 2.20 bits per heavy atom. The fourth-order valence-electron chi connectivity index (χ4n) is 2.01. The molecule has 4 aromatic heterocycles. The van der Waals surface area contributed by atoms with Crippen molar-refractivity contribution in [2.24, 2.45) is 0 Å². The molecule has 0 aromatic carbocycles. The third-order valence-corrected chi connectivity index (χ3v) is 3.06. The average Bonchev–Trinajstić information content (AvgIpc) is 3.06. The number of hydrogen-bond donors (Lipinski definition) is 2. The van der Waals surface area contributed by atoms with Crippen LogP contribution in [0, 0.1) is 6.92 Å². The van der Waals surface area contributed by atoms with Gasteiger partial charge in [-0.05, 0) is 18.6 Å². The number of fused-ring (bicyclic) bond motifs is 2. The van der Waals surface area contributed by atoms with E-state index in [0.29, 0.717) is 11.6 Å². The summed E-state index contributed by atoms with van der Waals surface area (Å²) in [7, 11) is 0. The maximum absolute atomic E-state index is 4.35. The predicted molar refractivity (Wildman–Crippen MR) is 72.7 cm³/mol. The monoisotopic (exact) mass is 266 g/mol. The normalized spacial score (nSPS) is 11.2. The van der Waals surface area contributed by atoms with Gasteiger partial charge in [0.05, 0.1) is 23.5 Å². The first-order valence-corrected chi connectivity index (χ1v) is 6.03. The van der Waals surface area contributed by atoms with Gasteiger partial charge in [0.2, 0.25) is 5.95 Å². The summed E-state index contributed by atoms with van der Waals surface area (Å²) in [6, 6.07) is 1.95. The molecule has 0 saturated carbocycles. The second-order valence-electron chi connectivity index (χ2n) is 4.43. The van der Waals surface area contributed by atoms with Gasteiger partial charge in [0.1, 0.15) is 6.33 Å². The van der Waals surface area contributed by atoms with Crippen LogP contribution < -0.4 is 5.32 Å². The van der Waals surface area contributed by atoms with Gasteiger partial charge < -0.3 is 5.32 Å². The van der Waals surface area contributed by atoms with Crippen molar-refractivity contribution < 1.29 is 0 Å². The molecule has 0 aliphatic rings. The molecule has 0 spiro atoms. The summed E-state index contributed by atoms with van der Waals surface area (Å²) < 4.78 is 1.70. The number of rotatable bonds is 2. The third kappa shape index (κ3) is 1.66. The summed E-state index contributed by atoms with van der Waals surface area (Å²) in [6.07, 6.45) is 6.78. The molecule has 0 fully saturated rings. The highest BCUT2D eigenvalue weighted by Gasteiger charge is 2.06. The number of nitrogens with one attached hydrogen (secondary N) is 2. The summed E-state index contributed by atoms with van der Waals surface area (Å²) in [5.41, 5.74) is 3.42. The van der Waals surface area contributed by atoms with Crippen LogP contribution in [0.2, 0.25) is 0 Å². The van der Waals surface area contributed by atoms with Gasteiger partial charge in [0, 0.05) is 6.20 Å². The van der Waals surface area contributed by atoms with Crippen molar-refractivity contribution in [3.63, 3.8) is 0 Å². The van der Waals surface area contributed by atoms with Crippen molar-refractivity contribution in [1.29, 1.82) is 0 Å². The van der Waals surface area contributed by atoms with Gasteiger partial charge in [0.15, 0.2) is 11.3 Å². The van der Waals surface area contributed by atoms with E-state index in [4.69, 9.17) is 0 Å². The minimum absolute atomic E-state index is 0.504. The number of pyridine rings is 1. The number of nitrogens with zero attached hydrogens (tertiary/aromatic N) is 6. The van der Waals surface area contributed by atoms with E-state index in [1.54, 1.807) is 16.9 Å². The third-order valence-electron chi connectivity index (χ3n) is 3.06. The number of anilines is 2. The maximum atomic E-state index is 4.35. The van der Waals surface area contributed by atoms with Crippen LogP contribution in [0.15, 0.2) is 31.0 Å². The van der Waals surface area contributed by atoms with Gasteiger partial charge in [-0.2, -0.15) is 15.2 Å². The summed E-state index contributed by atoms with van der Waals surface area (Å²) in [5, 5.41) is 14.9. The molecule has 0 aliphatic heterocycles. The summed E-state index contributed by atoms with van der Waals surface area (Å²) in [5.74, 6) is 0.504. The lowest BCUT2D eigenvalue weighted by molar-refractivity contribution is 0.958. The van der Waals surface area contributed by atoms with Gasteiger partial charge in [-0.3, -0.25) is 5.10 Å². The Morgan fingerprint density at radius 1 is 1.25 bits per heavy atom. The molecule has 0 bridgehead atoms. The number of aryl methyl sites for hydroxylation is 1. The Hall–Kier alpha value is -3.03. The van der Waals surface area contributed by atoms with Crippen LogP contribution in [0.4, 0.5) is 11.6 Å². The van der Waals surface area contributed by atoms with Crippen molar-refractivity contribution >= 4 is 28.3 Å². The second-order valence-corrected chi connectivity index (χ2v) is 4.43. The molecule has 4 aromatic rings. The minimum Gasteiger partial charge on any atom is -0.323 e. The standard InChI is InChI=1S/C12H10N8/c1-7-2-10-14-6-16-20(10)5-9(7)17-12-13-3-8-4-15-19-11(8)18-12/h2-6H,1H3,(H2,13,15,17,18,19). The molecule has 2 N–H and O–H groups in total. The van der Waals surface area contributed by atoms with Crippen molar-refractivity contribution in [3.8, 4) is 0 Å². The zero-order chi connectivity index (χ0) is 13.5. The van der Waals surface area contributed by atoms with Gasteiger partial charge in [-0.15, -0.1) is 0 Å². The van der Waals surface area contributed by atoms with Crippen LogP contribution in [0.25, 0.3) is 16.7 Å². The van der Waals surface area contributed by atoms with Crippen molar-refractivity contribution in [1.82, 2.24) is 34.8 Å². The lowest BCUT2D eigenvalue weighted by atomic mass is 10.2. The molecule has 8 nitrogen and oxygen atoms in total. The average molecular weight is 266 g/mol. The highest BCUT2D eigenvalue weighted by atomic mass is 15.3. The fourth-order valence-corrected chi connectivity index (χ4v) is 2.01. The van der Waals surface area contributed by atoms with Crippen LogP contribution in [0.5, 0.6) is 0 Å². The Morgan fingerprint density at radius 3 is 3.15 bits per heavy atom. The molecule has 0 unspecified atom stereocenters. The highest BCUT2D eigenvalue weighted by Crippen LogP contribution is 2.19. The lowest BCUT2D eigenvalue weighted by Crippen LogP contribution is -2.01. The number of aromatic nitrogens is 7. The van der Waals surface area contributed by atoms with Gasteiger partial charge in [-0.1, -0.05) is 0 Å². The van der Waals surface area contributed by atoms with E-state index in [0.717, 1.165) is 22.3 Å². The Labute approximate surface area is 112 Å². The first-order chi connectivity index (χ1) is 9.79. The van der Waals surface area contributed by atoms with E-state index in [1.807, 2.05) is 19.2 Å². The number of H-pyrrole nitrogens is 1. The molecular formula is C12H10N8. The molecule has 0 saturated heterocycles. The van der Waals surface area contributed by atoms with E-state index in [1.165, 1.54) is 6.33 Å². The Kier molecular flexibility index (Phi) is 2.16. The number of aromatic amines is 1. The SMILES string of the molecule is Cc1cc2ncnn2cc1Nc1ncc2cn[nH]c2n1. The van der Waals surface area contributed by atoms with E-state index in [-0.39, 0.29) is 0 Å². The summed E-state index contributed by atoms with van der Waals surface area (Å²) in [4.78, 5) is 12.8. The van der Waals surface area contributed by atoms with Crippen molar-refractivity contribution in [3.05, 3.63) is 36.5 Å². The van der Waals surface area contributed by atoms with Crippen LogP contribution in [-0.2, 0) is 0 Å². The van der Waals surface area contributed by atoms with E-state index in [9.17, 15) is 0 Å². The molecule has 20 heavy (non-hydrogen) atoms. The van der Waals surface area contributed by atoms with Crippen LogP contribution >= 0.6 is 0 Å². The van der Waals surface area contributed by atoms with E-state index < -0.39 is 0 Å². The zero-order valence-corrected chi connectivity index (χ0v) is 10.6. The Balaban J connectivity index is 1.76. The molecule has 8 heteroatoms. The molecular weight excluding hydrogens is 256 g/mol. The van der Waals surface area contributed by atoms with Gasteiger partial charge in [0.25, 0.3) is 0 Å². The van der Waals surface area contributed by atoms with Gasteiger partial charge >= 0.3 is 0 Å². The topological polar surface area (TPSA) is 96.7 Å². The predicted octanol–water partition coefficient (Wildman–Crippen LogP) is 1.45. The molecule has 0 atom stereocenters. The fraction of sp³-hybridized carbons (Fsp3) is 0.0833. The van der Waals surface area contributed by atoms with Crippen LogP contribution in [0.3, 0.4) is 0 Å². The molecule has 98 valence electrons. The molecule has 0 aliphatic carbocycles. The maximum Gasteiger partial charge on any atom is 0.229 e. The van der Waals surface area contributed by atoms with Crippen LogP contribution in [-0.4, -0.2) is 34.8 Å². The van der Waals surface area contributed by atoms with E-state index in [2.05, 4.69) is 35.6 Å². The number of hydrogen-bond acceptors (Lipinski definition) is 6. The first-order valence-electron chi connectivity index (χ1n) is 6.03. The molecule has 0 amide bonds. The van der Waals surface area contributed by atoms with Crippen molar-refractivity contribution in [2.45, 2.75) is 6.92 Å². The van der Waals surface area contributed by atoms with E-state index >= 15 is 0 Å².